The molecule has 2 unspecified atom stereocenters. The van der Waals surface area contributed by atoms with Crippen LogP contribution >= 0.6 is 11.6 Å². The highest BCUT2D eigenvalue weighted by Crippen LogP contribution is 2.31. The zero-order valence-electron chi connectivity index (χ0n) is 5.43. The Labute approximate surface area is 64.4 Å². The minimum Gasteiger partial charge on any atom is -0.330 e. The largest absolute Gasteiger partial charge is 0.330 e. The maximum Gasteiger partial charge on any atom is 0.209 e. The first-order valence-corrected chi connectivity index (χ1v) is 3.48. The molecule has 0 saturated heterocycles. The molecule has 0 aromatic heterocycles. The van der Waals surface area contributed by atoms with Crippen LogP contribution < -0.4 is 5.73 Å². The zero-order chi connectivity index (χ0) is 7.61. The van der Waals surface area contributed by atoms with Crippen LogP contribution in [-0.4, -0.2) is 11.7 Å². The second kappa shape index (κ2) is 2.72. The highest BCUT2D eigenvalue weighted by atomic mass is 35.5. The van der Waals surface area contributed by atoms with Crippen molar-refractivity contribution in [2.75, 3.05) is 6.54 Å². The summed E-state index contributed by atoms with van der Waals surface area (Å²) in [6.45, 7) is 0.237. The van der Waals surface area contributed by atoms with Crippen LogP contribution in [0.2, 0.25) is 0 Å². The van der Waals surface area contributed by atoms with Gasteiger partial charge in [-0.2, -0.15) is 0 Å². The Morgan fingerprint density at radius 1 is 1.60 bits per heavy atom. The monoisotopic (exact) mass is 161 g/mol. The number of alkyl halides is 2. The summed E-state index contributed by atoms with van der Waals surface area (Å²) in [6.07, 6.45) is 6.32. The van der Waals surface area contributed by atoms with Gasteiger partial charge < -0.3 is 5.73 Å². The Kier molecular flexibility index (Phi) is 2.11. The summed E-state index contributed by atoms with van der Waals surface area (Å²) < 4.78 is 13.1. The minimum absolute atomic E-state index is 0.237. The van der Waals surface area contributed by atoms with Gasteiger partial charge >= 0.3 is 0 Å². The summed E-state index contributed by atoms with van der Waals surface area (Å²) in [5.41, 5.74) is 5.27. The van der Waals surface area contributed by atoms with Crippen LogP contribution in [0.3, 0.4) is 0 Å². The number of halogens is 2. The highest BCUT2D eigenvalue weighted by molar-refractivity contribution is 6.24. The summed E-state index contributed by atoms with van der Waals surface area (Å²) in [6, 6.07) is 0. The number of rotatable bonds is 1. The predicted molar refractivity (Wildman–Crippen MR) is 40.5 cm³/mol. The van der Waals surface area contributed by atoms with Gasteiger partial charge in [0.1, 0.15) is 0 Å². The van der Waals surface area contributed by atoms with Crippen LogP contribution in [0.1, 0.15) is 0 Å². The Bertz CT molecular complexity index is 174. The van der Waals surface area contributed by atoms with Gasteiger partial charge in [-0.1, -0.05) is 29.8 Å². The summed E-state index contributed by atoms with van der Waals surface area (Å²) in [4.78, 5) is 0. The van der Waals surface area contributed by atoms with E-state index >= 15 is 0 Å². The van der Waals surface area contributed by atoms with Crippen LogP contribution in [0.15, 0.2) is 24.3 Å². The van der Waals surface area contributed by atoms with Gasteiger partial charge in [0.05, 0.1) is 0 Å². The Morgan fingerprint density at radius 2 is 2.30 bits per heavy atom. The van der Waals surface area contributed by atoms with Crippen LogP contribution in [0.4, 0.5) is 4.39 Å². The smallest absolute Gasteiger partial charge is 0.209 e. The van der Waals surface area contributed by atoms with Gasteiger partial charge in [-0.3, -0.25) is 0 Å². The molecule has 0 bridgehead atoms. The second-order valence-electron chi connectivity index (χ2n) is 2.26. The van der Waals surface area contributed by atoms with Gasteiger partial charge in [-0.25, -0.2) is 4.39 Å². The van der Waals surface area contributed by atoms with Crippen LogP contribution in [0.5, 0.6) is 0 Å². The van der Waals surface area contributed by atoms with Crippen LogP contribution in [0.25, 0.3) is 0 Å². The number of nitrogens with two attached hydrogens (primary N) is 1. The van der Waals surface area contributed by atoms with E-state index in [0.717, 1.165) is 0 Å². The van der Waals surface area contributed by atoms with Gasteiger partial charge in [-0.15, -0.1) is 0 Å². The molecule has 1 rings (SSSR count). The molecule has 1 aliphatic rings. The fourth-order valence-corrected chi connectivity index (χ4v) is 1.10. The first kappa shape index (κ1) is 7.76. The van der Waals surface area contributed by atoms with Crippen molar-refractivity contribution in [3.8, 4) is 0 Å². The van der Waals surface area contributed by atoms with E-state index in [1.54, 1.807) is 18.2 Å². The summed E-state index contributed by atoms with van der Waals surface area (Å²) in [5, 5.41) is -1.77. The molecule has 0 fully saturated rings. The van der Waals surface area contributed by atoms with E-state index < -0.39 is 5.13 Å². The molecule has 0 aliphatic heterocycles. The number of hydrogen-bond donors (Lipinski definition) is 1. The lowest BCUT2D eigenvalue weighted by molar-refractivity contribution is 0.272. The Hall–Kier alpha value is -0.340. The third-order valence-electron chi connectivity index (χ3n) is 1.52. The molecule has 1 aliphatic carbocycles. The molecule has 2 N–H and O–H groups in total. The summed E-state index contributed by atoms with van der Waals surface area (Å²) in [7, 11) is 0. The van der Waals surface area contributed by atoms with Crippen molar-refractivity contribution in [1.82, 2.24) is 0 Å². The van der Waals surface area contributed by atoms with Crippen molar-refractivity contribution in [2.45, 2.75) is 5.13 Å². The first-order valence-electron chi connectivity index (χ1n) is 3.11. The lowest BCUT2D eigenvalue weighted by Crippen LogP contribution is -2.30. The molecule has 56 valence electrons. The molecular weight excluding hydrogens is 153 g/mol. The van der Waals surface area contributed by atoms with E-state index in [4.69, 9.17) is 17.3 Å². The van der Waals surface area contributed by atoms with Gasteiger partial charge in [0.15, 0.2) is 0 Å². The van der Waals surface area contributed by atoms with Crippen molar-refractivity contribution < 1.29 is 4.39 Å². The molecular formula is C7H9ClFN. The average molecular weight is 162 g/mol. The normalized spacial score (nSPS) is 38.5. The van der Waals surface area contributed by atoms with Crippen LogP contribution in [0, 0.1) is 5.92 Å². The summed E-state index contributed by atoms with van der Waals surface area (Å²) >= 11 is 5.45. The topological polar surface area (TPSA) is 26.0 Å². The summed E-state index contributed by atoms with van der Waals surface area (Å²) in [5.74, 6) is -0.390. The Balaban J connectivity index is 2.74. The maximum atomic E-state index is 13.1. The molecule has 0 heterocycles. The molecule has 10 heavy (non-hydrogen) atoms. The quantitative estimate of drug-likeness (QED) is 0.581. The van der Waals surface area contributed by atoms with E-state index in [0.29, 0.717) is 0 Å². The molecule has 0 radical (unpaired) electrons. The third kappa shape index (κ3) is 1.39. The number of allylic oxidation sites excluding steroid dienone is 3. The van der Waals surface area contributed by atoms with Crippen molar-refractivity contribution in [1.29, 1.82) is 0 Å². The first-order chi connectivity index (χ1) is 4.67. The molecule has 2 atom stereocenters. The van der Waals surface area contributed by atoms with Gasteiger partial charge in [-0.05, 0) is 6.08 Å². The average Bonchev–Trinajstić information content (AvgIpc) is 1.87. The standard InChI is InChI=1S/C7H9ClFN/c8-7(9)4-2-1-3-6(7)5-10/h1-4,6H,5,10H2. The van der Waals surface area contributed by atoms with E-state index in [9.17, 15) is 4.39 Å². The molecule has 0 amide bonds. The van der Waals surface area contributed by atoms with Crippen molar-refractivity contribution in [3.05, 3.63) is 24.3 Å². The SMILES string of the molecule is NCC1C=CC=CC1(F)Cl. The van der Waals surface area contributed by atoms with Crippen molar-refractivity contribution in [3.63, 3.8) is 0 Å². The zero-order valence-corrected chi connectivity index (χ0v) is 6.18. The molecule has 3 heteroatoms. The fourth-order valence-electron chi connectivity index (χ4n) is 0.870. The number of hydrogen-bond acceptors (Lipinski definition) is 1. The van der Waals surface area contributed by atoms with Crippen molar-refractivity contribution >= 4 is 11.6 Å². The molecule has 0 saturated carbocycles. The van der Waals surface area contributed by atoms with E-state index in [2.05, 4.69) is 0 Å². The lowest BCUT2D eigenvalue weighted by atomic mass is 9.99. The van der Waals surface area contributed by atoms with Gasteiger partial charge in [0.25, 0.3) is 0 Å². The minimum atomic E-state index is -1.77. The fraction of sp³-hybridized carbons (Fsp3) is 0.429. The molecule has 0 spiro atoms. The van der Waals surface area contributed by atoms with Crippen molar-refractivity contribution in [2.24, 2.45) is 11.7 Å². The molecule has 0 aromatic rings. The Morgan fingerprint density at radius 3 is 2.70 bits per heavy atom. The highest BCUT2D eigenvalue weighted by Gasteiger charge is 2.32. The molecule has 0 aromatic carbocycles. The second-order valence-corrected chi connectivity index (χ2v) is 2.84. The lowest BCUT2D eigenvalue weighted by Gasteiger charge is -2.23. The van der Waals surface area contributed by atoms with E-state index in [-0.39, 0.29) is 12.5 Å². The van der Waals surface area contributed by atoms with Gasteiger partial charge in [0.2, 0.25) is 5.13 Å². The van der Waals surface area contributed by atoms with Gasteiger partial charge in [0, 0.05) is 12.5 Å². The van der Waals surface area contributed by atoms with E-state index in [1.807, 2.05) is 0 Å². The van der Waals surface area contributed by atoms with Crippen LogP contribution in [-0.2, 0) is 0 Å². The van der Waals surface area contributed by atoms with E-state index in [1.165, 1.54) is 6.08 Å². The molecule has 1 nitrogen and oxygen atoms in total. The predicted octanol–water partition coefficient (Wildman–Crippen LogP) is 1.59. The maximum absolute atomic E-state index is 13.1. The third-order valence-corrected chi connectivity index (χ3v) is 1.93.